The van der Waals surface area contributed by atoms with Crippen molar-refractivity contribution in [2.24, 2.45) is 0 Å². The number of hydrogen-bond donors (Lipinski definition) is 0. The van der Waals surface area contributed by atoms with Gasteiger partial charge in [-0.3, -0.25) is 0 Å². The van der Waals surface area contributed by atoms with Gasteiger partial charge >= 0.3 is 0 Å². The number of nitrogens with zero attached hydrogens (tertiary/aromatic N) is 2. The summed E-state index contributed by atoms with van der Waals surface area (Å²) < 4.78 is 15.3. The molecule has 1 atom stereocenters. The van der Waals surface area contributed by atoms with Crippen LogP contribution in [0.3, 0.4) is 0 Å². The van der Waals surface area contributed by atoms with Crippen molar-refractivity contribution in [3.63, 3.8) is 0 Å². The molecule has 3 aromatic rings. The highest BCUT2D eigenvalue weighted by Crippen LogP contribution is 2.43. The first-order chi connectivity index (χ1) is 12.0. The van der Waals surface area contributed by atoms with E-state index in [1.165, 1.54) is 12.1 Å². The van der Waals surface area contributed by atoms with Crippen LogP contribution >= 0.6 is 46.6 Å². The molecule has 0 N–H and O–H groups in total. The zero-order valence-electron chi connectivity index (χ0n) is 13.0. The number of hydrogen-bond acceptors (Lipinski definition) is 2. The molecule has 25 heavy (non-hydrogen) atoms. The van der Waals surface area contributed by atoms with E-state index in [0.717, 1.165) is 23.4 Å². The minimum atomic E-state index is -0.255. The molecule has 0 saturated heterocycles. The molecule has 0 radical (unpaired) electrons. The Balaban J connectivity index is 1.85. The lowest BCUT2D eigenvalue weighted by Crippen LogP contribution is -2.02. The molecule has 0 aliphatic carbocycles. The highest BCUT2D eigenvalue weighted by molar-refractivity contribution is 7.99. The van der Waals surface area contributed by atoms with E-state index < -0.39 is 0 Å². The average molecular weight is 416 g/mol. The Labute approximate surface area is 164 Å². The van der Waals surface area contributed by atoms with Crippen LogP contribution in [0.1, 0.15) is 17.2 Å². The van der Waals surface area contributed by atoms with Crippen LogP contribution in [0, 0.1) is 5.82 Å². The number of benzene rings is 2. The quantitative estimate of drug-likeness (QED) is 0.322. The van der Waals surface area contributed by atoms with E-state index >= 15 is 0 Å². The van der Waals surface area contributed by atoms with Crippen molar-refractivity contribution in [3.05, 3.63) is 81.6 Å². The van der Waals surface area contributed by atoms with E-state index in [9.17, 15) is 4.39 Å². The maximum Gasteiger partial charge on any atom is 0.123 e. The molecular formula is C18H14Cl3FN2S. The first-order valence-electron chi connectivity index (χ1n) is 7.55. The van der Waals surface area contributed by atoms with E-state index in [-0.39, 0.29) is 11.1 Å². The maximum atomic E-state index is 13.3. The van der Waals surface area contributed by atoms with Crippen molar-refractivity contribution in [2.75, 3.05) is 0 Å². The van der Waals surface area contributed by atoms with Gasteiger partial charge in [0.25, 0.3) is 0 Å². The summed E-state index contributed by atoms with van der Waals surface area (Å²) in [7, 11) is 0. The smallest absolute Gasteiger partial charge is 0.123 e. The summed E-state index contributed by atoms with van der Waals surface area (Å²) in [6.07, 6.45) is 6.26. The summed E-state index contributed by atoms with van der Waals surface area (Å²) in [5.74, 6) is -0.255. The first kappa shape index (κ1) is 18.6. The average Bonchev–Trinajstić information content (AvgIpc) is 3.10. The molecular weight excluding hydrogens is 402 g/mol. The van der Waals surface area contributed by atoms with E-state index in [2.05, 4.69) is 4.98 Å². The summed E-state index contributed by atoms with van der Waals surface area (Å²) in [5, 5.41) is 1.51. The van der Waals surface area contributed by atoms with Crippen molar-refractivity contribution >= 4 is 46.6 Å². The van der Waals surface area contributed by atoms with Gasteiger partial charge in [0.1, 0.15) is 5.82 Å². The molecule has 7 heteroatoms. The van der Waals surface area contributed by atoms with E-state index in [1.54, 1.807) is 48.6 Å². The number of imidazole rings is 1. The summed E-state index contributed by atoms with van der Waals surface area (Å²) >= 11 is 20.0. The van der Waals surface area contributed by atoms with Crippen molar-refractivity contribution < 1.29 is 4.39 Å². The molecule has 130 valence electrons. The highest BCUT2D eigenvalue weighted by atomic mass is 35.5. The fraction of sp³-hybridized carbons (Fsp3) is 0.167. The lowest BCUT2D eigenvalue weighted by Gasteiger charge is -2.18. The molecule has 0 saturated carbocycles. The third kappa shape index (κ3) is 4.91. The summed E-state index contributed by atoms with van der Waals surface area (Å²) in [6, 6.07) is 9.95. The summed E-state index contributed by atoms with van der Waals surface area (Å²) in [6.45, 7) is 0.786. The van der Waals surface area contributed by atoms with E-state index in [4.69, 9.17) is 34.8 Å². The fourth-order valence-electron chi connectivity index (χ4n) is 2.40. The monoisotopic (exact) mass is 414 g/mol. The van der Waals surface area contributed by atoms with E-state index in [1.807, 2.05) is 10.8 Å². The van der Waals surface area contributed by atoms with Gasteiger partial charge in [-0.05, 0) is 36.2 Å². The number of aryl methyl sites for hydroxylation is 1. The minimum Gasteiger partial charge on any atom is -0.337 e. The molecule has 0 bridgehead atoms. The topological polar surface area (TPSA) is 17.8 Å². The van der Waals surface area contributed by atoms with Crippen molar-refractivity contribution in [1.82, 2.24) is 9.55 Å². The van der Waals surface area contributed by atoms with Gasteiger partial charge in [-0.15, -0.1) is 11.8 Å². The predicted molar refractivity (Wildman–Crippen MR) is 103 cm³/mol. The van der Waals surface area contributed by atoms with E-state index in [0.29, 0.717) is 15.1 Å². The molecule has 2 nitrogen and oxygen atoms in total. The molecule has 0 aliphatic heterocycles. The van der Waals surface area contributed by atoms with Crippen LogP contribution < -0.4 is 0 Å². The molecule has 0 aliphatic rings. The lowest BCUT2D eigenvalue weighted by molar-refractivity contribution is 0.620. The van der Waals surface area contributed by atoms with Crippen LogP contribution in [0.25, 0.3) is 0 Å². The minimum absolute atomic E-state index is 0.0812. The summed E-state index contributed by atoms with van der Waals surface area (Å²) in [4.78, 5) is 4.90. The first-order valence-corrected chi connectivity index (χ1v) is 9.56. The van der Waals surface area contributed by atoms with Crippen LogP contribution in [0.5, 0.6) is 0 Å². The second-order valence-corrected chi connectivity index (χ2v) is 7.91. The van der Waals surface area contributed by atoms with Gasteiger partial charge in [0, 0.05) is 29.1 Å². The number of rotatable bonds is 6. The molecule has 3 rings (SSSR count). The van der Waals surface area contributed by atoms with Gasteiger partial charge in [0.2, 0.25) is 0 Å². The Hall–Kier alpha value is -1.20. The second kappa shape index (κ2) is 8.45. The Morgan fingerprint density at radius 1 is 1.04 bits per heavy atom. The highest BCUT2D eigenvalue weighted by Gasteiger charge is 2.17. The van der Waals surface area contributed by atoms with Gasteiger partial charge in [-0.1, -0.05) is 46.9 Å². The van der Waals surface area contributed by atoms with Crippen molar-refractivity contribution in [1.29, 1.82) is 0 Å². The SMILES string of the molecule is Fc1ccc(C(CCn2ccnc2)Sc2cc(Cl)c(Cl)cc2Cl)cc1. The van der Waals surface area contributed by atoms with Crippen molar-refractivity contribution in [2.45, 2.75) is 23.1 Å². The van der Waals surface area contributed by atoms with Gasteiger partial charge in [-0.25, -0.2) is 9.37 Å². The Bertz CT molecular complexity index is 838. The van der Waals surface area contributed by atoms with Crippen LogP contribution in [-0.4, -0.2) is 9.55 Å². The van der Waals surface area contributed by atoms with Crippen LogP contribution in [0.4, 0.5) is 4.39 Å². The molecule has 0 amide bonds. The van der Waals surface area contributed by atoms with Gasteiger partial charge in [-0.2, -0.15) is 0 Å². The second-order valence-electron chi connectivity index (χ2n) is 5.44. The third-order valence-electron chi connectivity index (χ3n) is 3.69. The normalized spacial score (nSPS) is 12.3. The molecule has 0 fully saturated rings. The fourth-order valence-corrected chi connectivity index (χ4v) is 4.33. The maximum absolute atomic E-state index is 13.3. The Morgan fingerprint density at radius 2 is 1.76 bits per heavy atom. The molecule has 1 unspecified atom stereocenters. The zero-order valence-corrected chi connectivity index (χ0v) is 16.1. The number of thioether (sulfide) groups is 1. The van der Waals surface area contributed by atoms with Gasteiger partial charge < -0.3 is 4.57 Å². The standard InChI is InChI=1S/C18H14Cl3FN2S/c19-14-9-16(21)18(10-15(14)20)25-17(5-7-24-8-6-23-11-24)12-1-3-13(22)4-2-12/h1-4,6,8-11,17H,5,7H2. The number of aromatic nitrogens is 2. The Kier molecular flexibility index (Phi) is 6.29. The van der Waals surface area contributed by atoms with Crippen molar-refractivity contribution in [3.8, 4) is 0 Å². The van der Waals surface area contributed by atoms with Gasteiger partial charge in [0.05, 0.1) is 21.4 Å². The summed E-state index contributed by atoms with van der Waals surface area (Å²) in [5.41, 5.74) is 1.02. The van der Waals surface area contributed by atoms with Crippen LogP contribution in [0.2, 0.25) is 15.1 Å². The lowest BCUT2D eigenvalue weighted by atomic mass is 10.1. The predicted octanol–water partition coefficient (Wildman–Crippen LogP) is 6.91. The van der Waals surface area contributed by atoms with Gasteiger partial charge in [0.15, 0.2) is 0 Å². The van der Waals surface area contributed by atoms with Crippen LogP contribution in [0.15, 0.2) is 60.0 Å². The zero-order chi connectivity index (χ0) is 17.8. The molecule has 1 aromatic heterocycles. The Morgan fingerprint density at radius 3 is 2.44 bits per heavy atom. The molecule has 0 spiro atoms. The third-order valence-corrected chi connectivity index (χ3v) is 6.23. The van der Waals surface area contributed by atoms with Crippen LogP contribution in [-0.2, 0) is 6.54 Å². The molecule has 2 aromatic carbocycles. The molecule has 1 heterocycles. The number of halogens is 4. The largest absolute Gasteiger partial charge is 0.337 e.